The van der Waals surface area contributed by atoms with Crippen LogP contribution in [0, 0.1) is 0 Å². The number of ether oxygens (including phenoxy) is 1. The minimum atomic E-state index is -3.23. The Labute approximate surface area is 164 Å². The molecular weight excluding hydrogens is 380 g/mol. The third kappa shape index (κ3) is 4.69. The van der Waals surface area contributed by atoms with Gasteiger partial charge in [-0.15, -0.1) is 0 Å². The van der Waals surface area contributed by atoms with Gasteiger partial charge in [0.2, 0.25) is 5.91 Å². The highest BCUT2D eigenvalue weighted by Gasteiger charge is 2.21. The summed E-state index contributed by atoms with van der Waals surface area (Å²) in [7, 11) is -1.52. The van der Waals surface area contributed by atoms with E-state index in [9.17, 15) is 18.0 Å². The molecule has 2 amide bonds. The van der Waals surface area contributed by atoms with Crippen molar-refractivity contribution in [1.82, 2.24) is 4.90 Å². The van der Waals surface area contributed by atoms with E-state index < -0.39 is 9.84 Å². The zero-order valence-corrected chi connectivity index (χ0v) is 16.6. The van der Waals surface area contributed by atoms with Gasteiger partial charge in [-0.1, -0.05) is 12.1 Å². The minimum absolute atomic E-state index is 0.144. The quantitative estimate of drug-likeness (QED) is 0.827. The fourth-order valence-corrected chi connectivity index (χ4v) is 3.52. The number of amides is 2. The second kappa shape index (κ2) is 8.02. The van der Waals surface area contributed by atoms with E-state index in [1.807, 2.05) is 0 Å². The number of sulfone groups is 1. The van der Waals surface area contributed by atoms with Crippen molar-refractivity contribution in [2.45, 2.75) is 17.7 Å². The van der Waals surface area contributed by atoms with Crippen molar-refractivity contribution in [3.8, 4) is 5.75 Å². The number of nitrogens with one attached hydrogen (secondary N) is 1. The van der Waals surface area contributed by atoms with E-state index in [1.165, 1.54) is 12.1 Å². The molecule has 1 heterocycles. The van der Waals surface area contributed by atoms with Gasteiger partial charge >= 0.3 is 0 Å². The van der Waals surface area contributed by atoms with E-state index in [-0.39, 0.29) is 23.1 Å². The molecule has 0 aliphatic carbocycles. The zero-order valence-electron chi connectivity index (χ0n) is 15.8. The second-order valence-corrected chi connectivity index (χ2v) is 8.77. The molecule has 1 N–H and O–H groups in total. The summed E-state index contributed by atoms with van der Waals surface area (Å²) < 4.78 is 28.5. The number of nitrogens with zero attached hydrogens (tertiary/aromatic N) is 1. The highest BCUT2D eigenvalue weighted by molar-refractivity contribution is 7.90. The van der Waals surface area contributed by atoms with E-state index >= 15 is 0 Å². The predicted octanol–water partition coefficient (Wildman–Crippen LogP) is 2.13. The number of hydrogen-bond acceptors (Lipinski definition) is 5. The van der Waals surface area contributed by atoms with Crippen LogP contribution >= 0.6 is 0 Å². The van der Waals surface area contributed by atoms with Crippen LogP contribution in [-0.2, 0) is 21.1 Å². The highest BCUT2D eigenvalue weighted by Crippen LogP contribution is 2.26. The molecule has 148 valence electrons. The Balaban J connectivity index is 1.62. The molecule has 28 heavy (non-hydrogen) atoms. The third-order valence-electron chi connectivity index (χ3n) is 4.52. The molecule has 0 unspecified atom stereocenters. The molecular formula is C20H22N2O5S. The maximum Gasteiger partial charge on any atom is 0.257 e. The molecule has 0 aromatic heterocycles. The Bertz CT molecular complexity index is 1000. The molecule has 0 spiro atoms. The third-order valence-corrected chi connectivity index (χ3v) is 5.65. The summed E-state index contributed by atoms with van der Waals surface area (Å²) in [6.07, 6.45) is 1.87. The fraction of sp³-hybridized carbons (Fsp3) is 0.300. The molecule has 2 aromatic carbocycles. The number of hydrogen-bond donors (Lipinski definition) is 1. The lowest BCUT2D eigenvalue weighted by Gasteiger charge is -2.13. The Morgan fingerprint density at radius 2 is 1.89 bits per heavy atom. The summed E-state index contributed by atoms with van der Waals surface area (Å²) in [6, 6.07) is 11.5. The molecule has 0 bridgehead atoms. The standard InChI is InChI=1S/C20H22N2O5S/c1-22-11-12-27-18-9-6-15(13-17(18)20(22)24)21-19(23)10-5-14-3-7-16(8-4-14)28(2,25)26/h3-4,6-9,13H,5,10-12H2,1-2H3,(H,21,23). The van der Waals surface area contributed by atoms with Gasteiger partial charge in [0.15, 0.2) is 9.84 Å². The van der Waals surface area contributed by atoms with Crippen LogP contribution in [0.2, 0.25) is 0 Å². The highest BCUT2D eigenvalue weighted by atomic mass is 32.2. The first-order valence-corrected chi connectivity index (χ1v) is 10.7. The molecule has 0 radical (unpaired) electrons. The number of likely N-dealkylation sites (N-methyl/N-ethyl adjacent to an activating group) is 1. The monoisotopic (exact) mass is 402 g/mol. The number of carbonyl (C=O) groups excluding carboxylic acids is 2. The maximum atomic E-state index is 12.4. The molecule has 1 aliphatic heterocycles. The van der Waals surface area contributed by atoms with Crippen molar-refractivity contribution >= 4 is 27.3 Å². The zero-order chi connectivity index (χ0) is 20.3. The molecule has 0 saturated heterocycles. The van der Waals surface area contributed by atoms with E-state index in [1.54, 1.807) is 42.3 Å². The van der Waals surface area contributed by atoms with Crippen molar-refractivity contribution in [3.63, 3.8) is 0 Å². The molecule has 0 fully saturated rings. The van der Waals surface area contributed by atoms with Gasteiger partial charge in [0.25, 0.3) is 5.91 Å². The first-order chi connectivity index (χ1) is 13.2. The number of benzene rings is 2. The Kier molecular flexibility index (Phi) is 5.69. The van der Waals surface area contributed by atoms with Crippen molar-refractivity contribution in [3.05, 3.63) is 53.6 Å². The number of aryl methyl sites for hydroxylation is 1. The van der Waals surface area contributed by atoms with Crippen LogP contribution in [0.3, 0.4) is 0 Å². The lowest BCUT2D eigenvalue weighted by atomic mass is 10.1. The first-order valence-electron chi connectivity index (χ1n) is 8.85. The summed E-state index contributed by atoms with van der Waals surface area (Å²) in [5.74, 6) is 0.176. The van der Waals surface area contributed by atoms with Gasteiger partial charge < -0.3 is 15.0 Å². The SMILES string of the molecule is CN1CCOc2ccc(NC(=O)CCc3ccc(S(C)(=O)=O)cc3)cc2C1=O. The van der Waals surface area contributed by atoms with Gasteiger partial charge in [-0.25, -0.2) is 8.42 Å². The molecule has 8 heteroatoms. The Morgan fingerprint density at radius 3 is 2.57 bits per heavy atom. The number of anilines is 1. The molecule has 0 saturated carbocycles. The van der Waals surface area contributed by atoms with Crippen LogP contribution in [0.25, 0.3) is 0 Å². The Hall–Kier alpha value is -2.87. The van der Waals surface area contributed by atoms with E-state index in [2.05, 4.69) is 5.32 Å². The maximum absolute atomic E-state index is 12.4. The summed E-state index contributed by atoms with van der Waals surface area (Å²) in [6.45, 7) is 0.937. The molecule has 3 rings (SSSR count). The van der Waals surface area contributed by atoms with E-state index in [0.29, 0.717) is 36.6 Å². The molecule has 2 aromatic rings. The van der Waals surface area contributed by atoms with Crippen LogP contribution in [0.1, 0.15) is 22.3 Å². The van der Waals surface area contributed by atoms with Crippen molar-refractivity contribution in [2.24, 2.45) is 0 Å². The average molecular weight is 402 g/mol. The lowest BCUT2D eigenvalue weighted by Crippen LogP contribution is -2.27. The van der Waals surface area contributed by atoms with Gasteiger partial charge in [-0.05, 0) is 42.3 Å². The summed E-state index contributed by atoms with van der Waals surface area (Å²) in [5.41, 5.74) is 1.83. The second-order valence-electron chi connectivity index (χ2n) is 6.75. The van der Waals surface area contributed by atoms with E-state index in [4.69, 9.17) is 4.74 Å². The topological polar surface area (TPSA) is 92.8 Å². The van der Waals surface area contributed by atoms with Crippen LogP contribution in [0.5, 0.6) is 5.75 Å². The minimum Gasteiger partial charge on any atom is -0.491 e. The largest absolute Gasteiger partial charge is 0.491 e. The van der Waals surface area contributed by atoms with Crippen LogP contribution in [-0.4, -0.2) is 51.6 Å². The predicted molar refractivity (Wildman–Crippen MR) is 105 cm³/mol. The summed E-state index contributed by atoms with van der Waals surface area (Å²) >= 11 is 0. The van der Waals surface area contributed by atoms with Gasteiger partial charge in [0.05, 0.1) is 17.0 Å². The van der Waals surface area contributed by atoms with Crippen LogP contribution < -0.4 is 10.1 Å². The number of rotatable bonds is 5. The smallest absolute Gasteiger partial charge is 0.257 e. The van der Waals surface area contributed by atoms with E-state index in [0.717, 1.165) is 11.8 Å². The Morgan fingerprint density at radius 1 is 1.18 bits per heavy atom. The normalized spacial score (nSPS) is 14.1. The van der Waals surface area contributed by atoms with Gasteiger partial charge in [0.1, 0.15) is 12.4 Å². The number of fused-ring (bicyclic) bond motifs is 1. The van der Waals surface area contributed by atoms with Gasteiger partial charge in [-0.3, -0.25) is 9.59 Å². The lowest BCUT2D eigenvalue weighted by molar-refractivity contribution is -0.116. The van der Waals surface area contributed by atoms with Crippen molar-refractivity contribution < 1.29 is 22.7 Å². The molecule has 1 aliphatic rings. The fourth-order valence-electron chi connectivity index (χ4n) is 2.89. The van der Waals surface area contributed by atoms with Crippen molar-refractivity contribution in [1.29, 1.82) is 0 Å². The van der Waals surface area contributed by atoms with Gasteiger partial charge in [-0.2, -0.15) is 0 Å². The molecule has 0 atom stereocenters. The van der Waals surface area contributed by atoms with Gasteiger partial charge in [0, 0.05) is 25.4 Å². The summed E-state index contributed by atoms with van der Waals surface area (Å²) in [4.78, 5) is 26.5. The summed E-state index contributed by atoms with van der Waals surface area (Å²) in [5, 5.41) is 2.79. The van der Waals surface area contributed by atoms with Crippen LogP contribution in [0.15, 0.2) is 47.4 Å². The number of carbonyl (C=O) groups is 2. The average Bonchev–Trinajstić information content (AvgIpc) is 2.79. The first kappa shape index (κ1) is 19.9. The molecule has 7 nitrogen and oxygen atoms in total. The van der Waals surface area contributed by atoms with Crippen LogP contribution in [0.4, 0.5) is 5.69 Å². The van der Waals surface area contributed by atoms with Crippen molar-refractivity contribution in [2.75, 3.05) is 31.8 Å².